The molecule has 1 aromatic rings. The highest BCUT2D eigenvalue weighted by molar-refractivity contribution is 7.13. The maximum absolute atomic E-state index is 4.44. The van der Waals surface area contributed by atoms with Crippen molar-refractivity contribution in [3.63, 3.8) is 0 Å². The zero-order chi connectivity index (χ0) is 8.81. The van der Waals surface area contributed by atoms with Gasteiger partial charge in [-0.05, 0) is 12.8 Å². The molecule has 1 N–H and O–H groups in total. The molecule has 0 aliphatic rings. The Hall–Kier alpha value is -0.570. The van der Waals surface area contributed by atoms with Gasteiger partial charge in [0.05, 0.1) is 5.69 Å². The van der Waals surface area contributed by atoms with Crippen LogP contribution < -0.4 is 5.32 Å². The van der Waals surface area contributed by atoms with Crippen LogP contribution in [-0.4, -0.2) is 11.5 Å². The third-order valence-electron chi connectivity index (χ3n) is 1.58. The van der Waals surface area contributed by atoms with E-state index in [4.69, 9.17) is 0 Å². The molecule has 0 aliphatic heterocycles. The molecule has 0 aliphatic carbocycles. The predicted octanol–water partition coefficient (Wildman–Crippen LogP) is 2.92. The molecule has 0 fully saturated rings. The predicted molar refractivity (Wildman–Crippen MR) is 54.9 cm³/mol. The molecule has 2 nitrogen and oxygen atoms in total. The summed E-state index contributed by atoms with van der Waals surface area (Å²) in [4.78, 5) is 4.44. The van der Waals surface area contributed by atoms with Crippen LogP contribution in [0.15, 0.2) is 5.38 Å². The van der Waals surface area contributed by atoms with Crippen LogP contribution in [0.3, 0.4) is 0 Å². The lowest BCUT2D eigenvalue weighted by Crippen LogP contribution is -1.98. The SMILES string of the molecule is CCCNc1nc(CCC)cs1. The first-order valence-corrected chi connectivity index (χ1v) is 5.43. The largest absolute Gasteiger partial charge is 0.362 e. The van der Waals surface area contributed by atoms with Gasteiger partial charge in [0.2, 0.25) is 0 Å². The second-order valence-electron chi connectivity index (χ2n) is 2.82. The molecule has 0 amide bonds. The van der Waals surface area contributed by atoms with Crippen LogP contribution >= 0.6 is 11.3 Å². The Labute approximate surface area is 78.0 Å². The van der Waals surface area contributed by atoms with Gasteiger partial charge >= 0.3 is 0 Å². The molecule has 12 heavy (non-hydrogen) atoms. The molecule has 0 radical (unpaired) electrons. The van der Waals surface area contributed by atoms with E-state index in [1.807, 2.05) is 0 Å². The lowest BCUT2D eigenvalue weighted by molar-refractivity contribution is 0.889. The molecule has 1 rings (SSSR count). The second kappa shape index (κ2) is 5.14. The van der Waals surface area contributed by atoms with Gasteiger partial charge in [-0.2, -0.15) is 0 Å². The Bertz CT molecular complexity index is 220. The Kier molecular flexibility index (Phi) is 4.08. The number of thiazole rings is 1. The maximum atomic E-state index is 4.44. The van der Waals surface area contributed by atoms with E-state index < -0.39 is 0 Å². The second-order valence-corrected chi connectivity index (χ2v) is 3.68. The van der Waals surface area contributed by atoms with E-state index in [0.717, 1.165) is 24.5 Å². The average molecular weight is 184 g/mol. The molecule has 0 aromatic carbocycles. The standard InChI is InChI=1S/C9H16N2S/c1-3-5-8-7-12-9(11-8)10-6-4-2/h7H,3-6H2,1-2H3,(H,10,11). The fourth-order valence-corrected chi connectivity index (χ4v) is 1.76. The lowest BCUT2D eigenvalue weighted by Gasteiger charge is -1.96. The van der Waals surface area contributed by atoms with Gasteiger partial charge in [0.25, 0.3) is 0 Å². The lowest BCUT2D eigenvalue weighted by atomic mass is 10.3. The molecule has 0 spiro atoms. The molecule has 1 aromatic heterocycles. The van der Waals surface area contributed by atoms with E-state index in [-0.39, 0.29) is 0 Å². The number of aryl methyl sites for hydroxylation is 1. The van der Waals surface area contributed by atoms with Gasteiger partial charge in [-0.3, -0.25) is 0 Å². The zero-order valence-electron chi connectivity index (χ0n) is 7.76. The number of nitrogens with zero attached hydrogens (tertiary/aromatic N) is 1. The van der Waals surface area contributed by atoms with Crippen LogP contribution in [0.25, 0.3) is 0 Å². The zero-order valence-corrected chi connectivity index (χ0v) is 8.58. The molecule has 0 saturated carbocycles. The third kappa shape index (κ3) is 2.81. The summed E-state index contributed by atoms with van der Waals surface area (Å²) in [5.74, 6) is 0. The van der Waals surface area contributed by atoms with Crippen LogP contribution in [0.1, 0.15) is 32.4 Å². The fourth-order valence-electron chi connectivity index (χ4n) is 0.991. The van der Waals surface area contributed by atoms with Crippen molar-refractivity contribution in [3.8, 4) is 0 Å². The Morgan fingerprint density at radius 2 is 2.25 bits per heavy atom. The summed E-state index contributed by atoms with van der Waals surface area (Å²) in [5.41, 5.74) is 1.22. The summed E-state index contributed by atoms with van der Waals surface area (Å²) in [6.07, 6.45) is 3.43. The molecule has 0 bridgehead atoms. The summed E-state index contributed by atoms with van der Waals surface area (Å²) < 4.78 is 0. The first kappa shape index (κ1) is 9.52. The number of nitrogens with one attached hydrogen (secondary N) is 1. The molecule has 0 atom stereocenters. The van der Waals surface area contributed by atoms with Gasteiger partial charge in [0.1, 0.15) is 0 Å². The number of anilines is 1. The number of rotatable bonds is 5. The van der Waals surface area contributed by atoms with E-state index in [1.165, 1.54) is 12.1 Å². The van der Waals surface area contributed by atoms with E-state index in [9.17, 15) is 0 Å². The van der Waals surface area contributed by atoms with E-state index in [1.54, 1.807) is 11.3 Å². The maximum Gasteiger partial charge on any atom is 0.182 e. The van der Waals surface area contributed by atoms with Crippen LogP contribution in [0.4, 0.5) is 5.13 Å². The molecular weight excluding hydrogens is 168 g/mol. The summed E-state index contributed by atoms with van der Waals surface area (Å²) in [6, 6.07) is 0. The topological polar surface area (TPSA) is 24.9 Å². The van der Waals surface area contributed by atoms with Gasteiger partial charge in [0, 0.05) is 11.9 Å². The average Bonchev–Trinajstić information content (AvgIpc) is 2.50. The molecule has 0 saturated heterocycles. The van der Waals surface area contributed by atoms with Crippen LogP contribution in [-0.2, 0) is 6.42 Å². The Morgan fingerprint density at radius 1 is 1.42 bits per heavy atom. The monoisotopic (exact) mass is 184 g/mol. The van der Waals surface area contributed by atoms with Crippen molar-refractivity contribution >= 4 is 16.5 Å². The molecular formula is C9H16N2S. The van der Waals surface area contributed by atoms with Gasteiger partial charge in [0.15, 0.2) is 5.13 Å². The molecule has 0 unspecified atom stereocenters. The van der Waals surface area contributed by atoms with E-state index in [2.05, 4.69) is 29.5 Å². The van der Waals surface area contributed by atoms with Gasteiger partial charge in [-0.25, -0.2) is 4.98 Å². The van der Waals surface area contributed by atoms with Gasteiger partial charge in [-0.1, -0.05) is 20.3 Å². The number of aromatic nitrogens is 1. The van der Waals surface area contributed by atoms with Gasteiger partial charge in [-0.15, -0.1) is 11.3 Å². The first-order valence-electron chi connectivity index (χ1n) is 4.55. The smallest absolute Gasteiger partial charge is 0.182 e. The molecule has 3 heteroatoms. The number of hydrogen-bond donors (Lipinski definition) is 1. The van der Waals surface area contributed by atoms with Crippen LogP contribution in [0.2, 0.25) is 0 Å². The highest BCUT2D eigenvalue weighted by atomic mass is 32.1. The minimum Gasteiger partial charge on any atom is -0.362 e. The molecule has 1 heterocycles. The third-order valence-corrected chi connectivity index (χ3v) is 2.43. The van der Waals surface area contributed by atoms with Crippen LogP contribution in [0.5, 0.6) is 0 Å². The van der Waals surface area contributed by atoms with Crippen LogP contribution in [0, 0.1) is 0 Å². The van der Waals surface area contributed by atoms with E-state index >= 15 is 0 Å². The molecule has 68 valence electrons. The summed E-state index contributed by atoms with van der Waals surface area (Å²) in [7, 11) is 0. The Morgan fingerprint density at radius 3 is 2.92 bits per heavy atom. The van der Waals surface area contributed by atoms with Crippen molar-refractivity contribution < 1.29 is 0 Å². The minimum absolute atomic E-state index is 1.03. The first-order chi connectivity index (χ1) is 5.86. The van der Waals surface area contributed by atoms with Crippen molar-refractivity contribution in [1.82, 2.24) is 4.98 Å². The minimum atomic E-state index is 1.03. The van der Waals surface area contributed by atoms with Crippen molar-refractivity contribution in [2.45, 2.75) is 33.1 Å². The van der Waals surface area contributed by atoms with Crippen molar-refractivity contribution in [2.75, 3.05) is 11.9 Å². The van der Waals surface area contributed by atoms with Gasteiger partial charge < -0.3 is 5.32 Å². The summed E-state index contributed by atoms with van der Waals surface area (Å²) in [6.45, 7) is 5.37. The normalized spacial score (nSPS) is 10.2. The summed E-state index contributed by atoms with van der Waals surface area (Å²) in [5, 5.41) is 6.49. The van der Waals surface area contributed by atoms with Crippen molar-refractivity contribution in [3.05, 3.63) is 11.1 Å². The van der Waals surface area contributed by atoms with E-state index in [0.29, 0.717) is 0 Å². The Balaban J connectivity index is 2.41. The quantitative estimate of drug-likeness (QED) is 0.761. The highest BCUT2D eigenvalue weighted by Crippen LogP contribution is 2.15. The number of hydrogen-bond acceptors (Lipinski definition) is 3. The van der Waals surface area contributed by atoms with Crippen molar-refractivity contribution in [1.29, 1.82) is 0 Å². The highest BCUT2D eigenvalue weighted by Gasteiger charge is 1.98. The van der Waals surface area contributed by atoms with Crippen molar-refractivity contribution in [2.24, 2.45) is 0 Å². The summed E-state index contributed by atoms with van der Waals surface area (Å²) >= 11 is 1.71. The fraction of sp³-hybridized carbons (Fsp3) is 0.667.